The number of benzene rings is 1. The van der Waals surface area contributed by atoms with Crippen LogP contribution in [0.15, 0.2) is 47.9 Å². The molecule has 2 unspecified atom stereocenters. The van der Waals surface area contributed by atoms with Crippen LogP contribution in [0.3, 0.4) is 0 Å². The third kappa shape index (κ3) is 2.92. The molecule has 0 spiro atoms. The minimum Gasteiger partial charge on any atom is -0.347 e. The largest absolute Gasteiger partial charge is 0.347 e. The molecule has 0 aliphatic carbocycles. The molecule has 1 aromatic rings. The van der Waals surface area contributed by atoms with Gasteiger partial charge < -0.3 is 4.74 Å². The van der Waals surface area contributed by atoms with E-state index in [1.54, 1.807) is 24.3 Å². The second-order valence-corrected chi connectivity index (χ2v) is 5.37. The summed E-state index contributed by atoms with van der Waals surface area (Å²) in [4.78, 5) is 0.215. The van der Waals surface area contributed by atoms with Gasteiger partial charge in [-0.2, -0.15) is 4.72 Å². The molecule has 0 saturated carbocycles. The van der Waals surface area contributed by atoms with E-state index in [9.17, 15) is 8.42 Å². The number of rotatable bonds is 4. The Labute approximate surface area is 101 Å². The van der Waals surface area contributed by atoms with Gasteiger partial charge >= 0.3 is 0 Å². The van der Waals surface area contributed by atoms with Crippen molar-refractivity contribution in [3.8, 4) is 0 Å². The predicted octanol–water partition coefficient (Wildman–Crippen LogP) is 0.423. The van der Waals surface area contributed by atoms with E-state index in [1.165, 1.54) is 12.1 Å². The van der Waals surface area contributed by atoms with Gasteiger partial charge in [-0.3, -0.25) is 5.32 Å². The summed E-state index contributed by atoms with van der Waals surface area (Å²) >= 11 is 0. The molecule has 6 heteroatoms. The molecular formula is C11H14N2O3S. The van der Waals surface area contributed by atoms with Crippen molar-refractivity contribution < 1.29 is 13.2 Å². The number of nitrogens with one attached hydrogen (secondary N) is 2. The van der Waals surface area contributed by atoms with Gasteiger partial charge in [-0.1, -0.05) is 24.3 Å². The van der Waals surface area contributed by atoms with E-state index >= 15 is 0 Å². The van der Waals surface area contributed by atoms with Gasteiger partial charge in [0, 0.05) is 0 Å². The van der Waals surface area contributed by atoms with Crippen molar-refractivity contribution in [2.75, 3.05) is 6.61 Å². The zero-order chi connectivity index (χ0) is 12.3. The van der Waals surface area contributed by atoms with E-state index in [4.69, 9.17) is 4.74 Å². The summed E-state index contributed by atoms with van der Waals surface area (Å²) in [7, 11) is -3.55. The zero-order valence-electron chi connectivity index (χ0n) is 9.17. The molecule has 2 atom stereocenters. The highest BCUT2D eigenvalue weighted by atomic mass is 32.2. The van der Waals surface area contributed by atoms with Crippen molar-refractivity contribution in [3.63, 3.8) is 0 Å². The predicted molar refractivity (Wildman–Crippen MR) is 63.6 cm³/mol. The Morgan fingerprint density at radius 2 is 2.12 bits per heavy atom. The molecule has 0 radical (unpaired) electrons. The lowest BCUT2D eigenvalue weighted by Gasteiger charge is -2.13. The molecular weight excluding hydrogens is 240 g/mol. The summed E-state index contributed by atoms with van der Waals surface area (Å²) in [5.41, 5.74) is 0. The van der Waals surface area contributed by atoms with E-state index in [2.05, 4.69) is 16.6 Å². The molecule has 0 amide bonds. The van der Waals surface area contributed by atoms with E-state index in [0.717, 1.165) is 0 Å². The molecule has 1 aliphatic rings. The van der Waals surface area contributed by atoms with Gasteiger partial charge in [-0.15, -0.1) is 6.58 Å². The summed E-state index contributed by atoms with van der Waals surface area (Å²) in [5, 5.41) is 2.94. The van der Waals surface area contributed by atoms with E-state index in [0.29, 0.717) is 6.61 Å². The molecule has 92 valence electrons. The maximum Gasteiger partial charge on any atom is 0.243 e. The molecule has 1 fully saturated rings. The lowest BCUT2D eigenvalue weighted by Crippen LogP contribution is -2.44. The minimum atomic E-state index is -3.55. The Morgan fingerprint density at radius 3 is 2.71 bits per heavy atom. The summed E-state index contributed by atoms with van der Waals surface area (Å²) in [5.74, 6) is 0. The summed E-state index contributed by atoms with van der Waals surface area (Å²) in [6, 6.07) is 8.13. The molecule has 1 aliphatic heterocycles. The molecule has 1 saturated heterocycles. The number of hydrogen-bond acceptors (Lipinski definition) is 4. The average Bonchev–Trinajstić information content (AvgIpc) is 2.77. The Hall–Kier alpha value is -1.21. The van der Waals surface area contributed by atoms with Crippen molar-refractivity contribution in [2.45, 2.75) is 17.3 Å². The van der Waals surface area contributed by atoms with Crippen molar-refractivity contribution in [2.24, 2.45) is 0 Å². The van der Waals surface area contributed by atoms with E-state index in [1.807, 2.05) is 0 Å². The third-order valence-electron chi connectivity index (χ3n) is 2.41. The van der Waals surface area contributed by atoms with Crippen LogP contribution in [0.2, 0.25) is 0 Å². The Bertz CT molecular complexity index is 487. The number of sulfonamides is 1. The SMILES string of the molecule is C=CC1COC(NS(=O)(=O)c2ccccc2)N1. The molecule has 0 bridgehead atoms. The summed E-state index contributed by atoms with van der Waals surface area (Å²) < 4.78 is 31.5. The highest BCUT2D eigenvalue weighted by Crippen LogP contribution is 2.10. The van der Waals surface area contributed by atoms with Gasteiger partial charge in [-0.25, -0.2) is 8.42 Å². The minimum absolute atomic E-state index is 0.0292. The fraction of sp³-hybridized carbons (Fsp3) is 0.273. The zero-order valence-corrected chi connectivity index (χ0v) is 9.98. The van der Waals surface area contributed by atoms with Gasteiger partial charge in [0.2, 0.25) is 10.0 Å². The second-order valence-electron chi connectivity index (χ2n) is 3.66. The Kier molecular flexibility index (Phi) is 3.58. The molecule has 2 rings (SSSR count). The molecule has 5 nitrogen and oxygen atoms in total. The van der Waals surface area contributed by atoms with Gasteiger partial charge in [-0.05, 0) is 12.1 Å². The summed E-state index contributed by atoms with van der Waals surface area (Å²) in [6.07, 6.45) is 0.972. The molecule has 1 heterocycles. The fourth-order valence-corrected chi connectivity index (χ4v) is 2.57. The smallest absolute Gasteiger partial charge is 0.243 e. The normalized spacial score (nSPS) is 24.7. The van der Waals surface area contributed by atoms with Gasteiger partial charge in [0.1, 0.15) is 0 Å². The van der Waals surface area contributed by atoms with Crippen LogP contribution in [0.4, 0.5) is 0 Å². The summed E-state index contributed by atoms with van der Waals surface area (Å²) in [6.45, 7) is 4.02. The van der Waals surface area contributed by atoms with Crippen molar-refractivity contribution in [1.29, 1.82) is 0 Å². The number of ether oxygens (including phenoxy) is 1. The molecule has 2 N–H and O–H groups in total. The monoisotopic (exact) mass is 254 g/mol. The lowest BCUT2D eigenvalue weighted by atomic mass is 10.3. The quantitative estimate of drug-likeness (QED) is 0.764. The van der Waals surface area contributed by atoms with Crippen LogP contribution in [0.1, 0.15) is 0 Å². The maximum atomic E-state index is 11.9. The highest BCUT2D eigenvalue weighted by Gasteiger charge is 2.26. The first-order valence-corrected chi connectivity index (χ1v) is 6.68. The topological polar surface area (TPSA) is 67.4 Å². The fourth-order valence-electron chi connectivity index (χ4n) is 1.50. The van der Waals surface area contributed by atoms with Gasteiger partial charge in [0.25, 0.3) is 0 Å². The van der Waals surface area contributed by atoms with Crippen LogP contribution in [-0.2, 0) is 14.8 Å². The van der Waals surface area contributed by atoms with Gasteiger partial charge in [0.15, 0.2) is 6.35 Å². The van der Waals surface area contributed by atoms with Gasteiger partial charge in [0.05, 0.1) is 17.5 Å². The molecule has 1 aromatic carbocycles. The Balaban J connectivity index is 2.06. The van der Waals surface area contributed by atoms with Crippen LogP contribution < -0.4 is 10.0 Å². The Morgan fingerprint density at radius 1 is 1.41 bits per heavy atom. The van der Waals surface area contributed by atoms with E-state index < -0.39 is 16.4 Å². The van der Waals surface area contributed by atoms with Crippen LogP contribution >= 0.6 is 0 Å². The van der Waals surface area contributed by atoms with Crippen LogP contribution in [0.5, 0.6) is 0 Å². The van der Waals surface area contributed by atoms with Crippen molar-refractivity contribution in [3.05, 3.63) is 43.0 Å². The first-order valence-electron chi connectivity index (χ1n) is 5.19. The average molecular weight is 254 g/mol. The van der Waals surface area contributed by atoms with Crippen molar-refractivity contribution in [1.82, 2.24) is 10.0 Å². The first kappa shape index (κ1) is 12.3. The molecule has 0 aromatic heterocycles. The second kappa shape index (κ2) is 4.97. The maximum absolute atomic E-state index is 11.9. The van der Waals surface area contributed by atoms with Crippen LogP contribution in [-0.4, -0.2) is 27.4 Å². The first-order chi connectivity index (χ1) is 8.12. The lowest BCUT2D eigenvalue weighted by molar-refractivity contribution is 0.0923. The highest BCUT2D eigenvalue weighted by molar-refractivity contribution is 7.89. The standard InChI is InChI=1S/C11H14N2O3S/c1-2-9-8-16-11(12-9)13-17(14,15)10-6-4-3-5-7-10/h2-7,9,11-13H,1,8H2. The van der Waals surface area contributed by atoms with Crippen molar-refractivity contribution >= 4 is 10.0 Å². The molecule has 17 heavy (non-hydrogen) atoms. The van der Waals surface area contributed by atoms with E-state index in [-0.39, 0.29) is 10.9 Å². The van der Waals surface area contributed by atoms with Crippen LogP contribution in [0.25, 0.3) is 0 Å². The number of hydrogen-bond donors (Lipinski definition) is 2. The third-order valence-corrected chi connectivity index (χ3v) is 3.83. The van der Waals surface area contributed by atoms with Crippen LogP contribution in [0, 0.1) is 0 Å².